The Labute approximate surface area is 308 Å². The molecule has 1 aromatic carbocycles. The third-order valence-electron chi connectivity index (χ3n) is 14.9. The van der Waals surface area contributed by atoms with E-state index in [9.17, 15) is 35.4 Å². The van der Waals surface area contributed by atoms with Crippen LogP contribution in [0.2, 0.25) is 0 Å². The molecule has 4 saturated carbocycles. The molecule has 16 nitrogen and oxygen atoms in total. The summed E-state index contributed by atoms with van der Waals surface area (Å²) in [7, 11) is -1.69. The van der Waals surface area contributed by atoms with Crippen LogP contribution < -0.4 is 9.47 Å². The first-order chi connectivity index (χ1) is 24.5. The third kappa shape index (κ3) is 5.15. The Bertz CT molecular complexity index is 1750. The van der Waals surface area contributed by atoms with Crippen molar-refractivity contribution >= 4 is 16.4 Å². The van der Waals surface area contributed by atoms with Crippen LogP contribution in [0.1, 0.15) is 82.5 Å². The van der Waals surface area contributed by atoms with Gasteiger partial charge in [0.2, 0.25) is 5.79 Å². The van der Waals surface area contributed by atoms with Gasteiger partial charge in [0, 0.05) is 55.1 Å². The van der Waals surface area contributed by atoms with E-state index in [1.807, 2.05) is 6.92 Å². The maximum Gasteiger partial charge on any atom is 0.394 e. The van der Waals surface area contributed by atoms with Crippen molar-refractivity contribution in [2.75, 3.05) is 27.3 Å². The largest absolute Gasteiger partial charge is 0.493 e. The van der Waals surface area contributed by atoms with Gasteiger partial charge in [0.1, 0.15) is 22.4 Å². The van der Waals surface area contributed by atoms with E-state index in [-0.39, 0.29) is 24.9 Å². The molecular weight excluding hydrogens is 718 g/mol. The molecule has 14 atom stereocenters. The van der Waals surface area contributed by atoms with Gasteiger partial charge < -0.3 is 49.6 Å². The fourth-order valence-corrected chi connectivity index (χ4v) is 12.6. The molecule has 7 fully saturated rings. The van der Waals surface area contributed by atoms with Crippen molar-refractivity contribution in [3.8, 4) is 11.5 Å². The highest BCUT2D eigenvalue weighted by Gasteiger charge is 2.88. The van der Waals surface area contributed by atoms with Crippen LogP contribution in [0.25, 0.3) is 0 Å². The van der Waals surface area contributed by atoms with Gasteiger partial charge in [-0.1, -0.05) is 13.8 Å². The normalized spacial score (nSPS) is 49.6. The zero-order valence-corrected chi connectivity index (χ0v) is 31.5. The highest BCUT2D eigenvalue weighted by Crippen LogP contribution is 2.78. The van der Waals surface area contributed by atoms with Crippen LogP contribution >= 0.6 is 0 Å². The summed E-state index contributed by atoms with van der Waals surface area (Å²) >= 11 is 0. The Balaban J connectivity index is 0.000000817. The fourth-order valence-electron chi connectivity index (χ4n) is 12.6. The molecule has 1 aromatic rings. The number of hydrogen-bond donors (Lipinski definition) is 8. The monoisotopic (exact) mass is 771 g/mol. The molecule has 3 aliphatic heterocycles. The van der Waals surface area contributed by atoms with Gasteiger partial charge in [0.25, 0.3) is 0 Å². The number of aliphatic hydroxyl groups is 6. The van der Waals surface area contributed by atoms with Gasteiger partial charge >= 0.3 is 16.4 Å². The number of hydrogen-bond acceptors (Lipinski definition) is 14. The summed E-state index contributed by atoms with van der Waals surface area (Å²) in [5.74, 6) is -3.63. The van der Waals surface area contributed by atoms with E-state index in [1.165, 1.54) is 20.3 Å². The molecule has 7 aliphatic rings. The van der Waals surface area contributed by atoms with Gasteiger partial charge in [-0.05, 0) is 69.6 Å². The molecule has 3 saturated heterocycles. The van der Waals surface area contributed by atoms with Gasteiger partial charge in [-0.15, -0.1) is 0 Å². The molecule has 0 amide bonds. The molecule has 298 valence electrons. The van der Waals surface area contributed by atoms with Gasteiger partial charge in [0.05, 0.1) is 31.5 Å². The second-order valence-corrected chi connectivity index (χ2v) is 18.1. The summed E-state index contributed by atoms with van der Waals surface area (Å²) in [5, 5.41) is 74.7. The lowest BCUT2D eigenvalue weighted by Gasteiger charge is -2.68. The molecule has 4 bridgehead atoms. The van der Waals surface area contributed by atoms with E-state index in [2.05, 4.69) is 11.8 Å². The average molecular weight is 772 g/mol. The predicted octanol–water partition coefficient (Wildman–Crippen LogP) is 0.703. The number of ether oxygens (including phenoxy) is 4. The number of carbonyl (C=O) groups excluding carboxylic acids is 1. The minimum atomic E-state index is -4.67. The molecule has 17 heteroatoms. The highest BCUT2D eigenvalue weighted by molar-refractivity contribution is 7.79. The molecule has 0 unspecified atom stereocenters. The Morgan fingerprint density at radius 1 is 0.887 bits per heavy atom. The van der Waals surface area contributed by atoms with Crippen LogP contribution in [0.15, 0.2) is 18.2 Å². The van der Waals surface area contributed by atoms with Crippen molar-refractivity contribution in [2.45, 2.75) is 124 Å². The second-order valence-electron chi connectivity index (χ2n) is 17.2. The van der Waals surface area contributed by atoms with Crippen molar-refractivity contribution in [3.63, 3.8) is 0 Å². The molecule has 3 heterocycles. The van der Waals surface area contributed by atoms with Crippen LogP contribution in [0.4, 0.5) is 0 Å². The number of fused-ring (bicyclic) bond motifs is 5. The molecule has 0 radical (unpaired) electrons. The topological polar surface area (TPSA) is 253 Å². The van der Waals surface area contributed by atoms with Crippen LogP contribution in [0.5, 0.6) is 11.5 Å². The van der Waals surface area contributed by atoms with Crippen molar-refractivity contribution < 1.29 is 71.9 Å². The zero-order chi connectivity index (χ0) is 38.9. The predicted molar refractivity (Wildman–Crippen MR) is 183 cm³/mol. The Kier molecular flexibility index (Phi) is 8.98. The summed E-state index contributed by atoms with van der Waals surface area (Å²) < 4.78 is 55.1. The number of esters is 1. The van der Waals surface area contributed by atoms with E-state index in [0.29, 0.717) is 56.1 Å². The summed E-state index contributed by atoms with van der Waals surface area (Å²) in [6.45, 7) is 6.57. The van der Waals surface area contributed by atoms with Gasteiger partial charge in [0.15, 0.2) is 17.6 Å². The minimum absolute atomic E-state index is 0.101. The molecule has 8 rings (SSSR count). The number of aliphatic hydroxyl groups excluding tert-OH is 1. The fraction of sp³-hybridized carbons (Fsp3) is 0.806. The molecule has 4 aliphatic carbocycles. The van der Waals surface area contributed by atoms with Crippen molar-refractivity contribution in [1.29, 1.82) is 0 Å². The number of benzene rings is 1. The number of piperidine rings is 2. The Morgan fingerprint density at radius 2 is 1.53 bits per heavy atom. The molecular formula is C36H53NO15S. The van der Waals surface area contributed by atoms with Crippen LogP contribution in [-0.2, 0) is 19.9 Å². The SMILES string of the molecule is COc1ccc(C(=O)O[C@H]2CC[C@@]3(C)[C@H]4CC[C@H]5[C@]6(O)C[C@H](O)[C@@]7(O)[C@@H](CN8C[C@@H](C)CC[C@H]8[C@@]7(C)O)[C@]6(O)C[C@@]53O[C@]24O)cc1OC.O=S(=O)(O)O. The van der Waals surface area contributed by atoms with Crippen LogP contribution in [0.3, 0.4) is 0 Å². The Hall–Kier alpha value is -2.16. The van der Waals surface area contributed by atoms with Crippen molar-refractivity contribution in [2.24, 2.45) is 29.1 Å². The first-order valence-electron chi connectivity index (χ1n) is 18.3. The summed E-state index contributed by atoms with van der Waals surface area (Å²) in [4.78, 5) is 15.6. The van der Waals surface area contributed by atoms with E-state index in [4.69, 9.17) is 36.5 Å². The first-order valence-corrected chi connectivity index (χ1v) is 19.7. The lowest BCUT2D eigenvalue weighted by molar-refractivity contribution is -0.354. The number of methoxy groups -OCH3 is 2. The van der Waals surface area contributed by atoms with E-state index < -0.39 is 91.6 Å². The molecule has 1 spiro atoms. The van der Waals surface area contributed by atoms with E-state index in [0.717, 1.165) is 6.42 Å². The number of carbonyl (C=O) groups is 1. The lowest BCUT2D eigenvalue weighted by atomic mass is 9.49. The summed E-state index contributed by atoms with van der Waals surface area (Å²) in [6, 6.07) is 4.28. The van der Waals surface area contributed by atoms with Gasteiger partial charge in [-0.3, -0.25) is 14.0 Å². The molecule has 0 aromatic heterocycles. The van der Waals surface area contributed by atoms with Crippen molar-refractivity contribution in [1.82, 2.24) is 4.90 Å². The lowest BCUT2D eigenvalue weighted by Crippen LogP contribution is -2.85. The third-order valence-corrected chi connectivity index (χ3v) is 14.9. The second kappa shape index (κ2) is 12.2. The standard InChI is InChI=1S/C36H51NO11.H2O4S/c1-19-6-11-26-31(3,40)35(43)25(17-37(26)16-19)33(42)18-34-24(32(33,41)15-27(35)38)10-9-23-30(34,2)13-12-28(36(23,44)48-34)47-29(39)20-7-8-21(45-4)22(14-20)46-5;1-5(2,3)4/h7-8,14,19,23-28,38,40-44H,6,9-13,15-18H2,1-5H3;(H2,1,2,3,4)/t19-,23+,24-,25-,26-,27-,28-,30-,31+,32+,33+,34+,35-,36-;/m0./s1. The number of rotatable bonds is 4. The van der Waals surface area contributed by atoms with E-state index >= 15 is 0 Å². The Morgan fingerprint density at radius 3 is 2.17 bits per heavy atom. The first kappa shape index (κ1) is 39.1. The van der Waals surface area contributed by atoms with E-state index in [1.54, 1.807) is 19.1 Å². The quantitative estimate of drug-likeness (QED) is 0.155. The van der Waals surface area contributed by atoms with Gasteiger partial charge in [-0.2, -0.15) is 8.42 Å². The summed E-state index contributed by atoms with van der Waals surface area (Å²) in [5.41, 5.74) is -9.44. The number of nitrogens with zero attached hydrogens (tertiary/aromatic N) is 1. The maximum atomic E-state index is 13.5. The summed E-state index contributed by atoms with van der Waals surface area (Å²) in [6.07, 6.45) is 0.172. The van der Waals surface area contributed by atoms with Crippen LogP contribution in [0, 0.1) is 29.1 Å². The smallest absolute Gasteiger partial charge is 0.394 e. The average Bonchev–Trinajstić information content (AvgIpc) is 3.24. The molecule has 53 heavy (non-hydrogen) atoms. The maximum absolute atomic E-state index is 13.5. The minimum Gasteiger partial charge on any atom is -0.493 e. The van der Waals surface area contributed by atoms with Crippen LogP contribution in [-0.4, -0.2) is 138 Å². The van der Waals surface area contributed by atoms with Crippen molar-refractivity contribution in [3.05, 3.63) is 23.8 Å². The zero-order valence-electron chi connectivity index (χ0n) is 30.6. The van der Waals surface area contributed by atoms with Gasteiger partial charge in [-0.25, -0.2) is 4.79 Å². The highest BCUT2D eigenvalue weighted by atomic mass is 32.3. The molecule has 8 N–H and O–H groups in total.